The molecule has 1 aliphatic rings. The van der Waals surface area contributed by atoms with Crippen LogP contribution in [0.5, 0.6) is 11.5 Å². The van der Waals surface area contributed by atoms with E-state index in [1.165, 1.54) is 6.07 Å². The summed E-state index contributed by atoms with van der Waals surface area (Å²) in [5.74, 6) is -0.492. The molecule has 1 aliphatic heterocycles. The average molecular weight is 237 g/mol. The van der Waals surface area contributed by atoms with Crippen LogP contribution in [0.4, 0.5) is 17.6 Å². The molecule has 0 amide bonds. The Morgan fingerprint density at radius 1 is 1.12 bits per heavy atom. The Kier molecular flexibility index (Phi) is 2.42. The van der Waals surface area contributed by atoms with Crippen LogP contribution in [-0.4, -0.2) is 12.7 Å². The lowest BCUT2D eigenvalue weighted by Crippen LogP contribution is -2.26. The molecule has 1 atom stereocenters. The third kappa shape index (κ3) is 1.90. The molecule has 16 heavy (non-hydrogen) atoms. The lowest BCUT2D eigenvalue weighted by atomic mass is 10.1. The first kappa shape index (κ1) is 11.0. The van der Waals surface area contributed by atoms with Crippen LogP contribution in [0, 0.1) is 0 Å². The summed E-state index contributed by atoms with van der Waals surface area (Å²) in [4.78, 5) is 0. The molecular weight excluding hydrogens is 230 g/mol. The molecule has 0 saturated heterocycles. The van der Waals surface area contributed by atoms with E-state index < -0.39 is 18.8 Å². The van der Waals surface area contributed by atoms with Crippen LogP contribution in [0.3, 0.4) is 0 Å². The number of rotatable bonds is 2. The van der Waals surface area contributed by atoms with Gasteiger partial charge in [0.1, 0.15) is 0 Å². The molecule has 0 fully saturated rings. The molecular formula is C9H7F4NO2. The first-order valence-corrected chi connectivity index (χ1v) is 4.32. The Balaban J connectivity index is 2.29. The van der Waals surface area contributed by atoms with E-state index in [-0.39, 0.29) is 17.1 Å². The molecule has 0 bridgehead atoms. The first-order valence-electron chi connectivity index (χ1n) is 4.32. The summed E-state index contributed by atoms with van der Waals surface area (Å²) in [5, 5.41) is 0. The monoisotopic (exact) mass is 237 g/mol. The molecule has 0 aliphatic carbocycles. The van der Waals surface area contributed by atoms with Gasteiger partial charge in [0.05, 0.1) is 6.04 Å². The fourth-order valence-corrected chi connectivity index (χ4v) is 1.32. The van der Waals surface area contributed by atoms with Gasteiger partial charge in [-0.15, -0.1) is 8.78 Å². The highest BCUT2D eigenvalue weighted by Gasteiger charge is 2.43. The molecule has 2 N–H and O–H groups in total. The van der Waals surface area contributed by atoms with Crippen molar-refractivity contribution in [1.82, 2.24) is 0 Å². The molecule has 0 spiro atoms. The second-order valence-corrected chi connectivity index (χ2v) is 3.23. The number of ether oxygens (including phenoxy) is 2. The highest BCUT2D eigenvalue weighted by atomic mass is 19.3. The van der Waals surface area contributed by atoms with Gasteiger partial charge in [-0.05, 0) is 17.7 Å². The molecule has 0 aromatic heterocycles. The minimum Gasteiger partial charge on any atom is -0.395 e. The summed E-state index contributed by atoms with van der Waals surface area (Å²) in [6.45, 7) is 0. The van der Waals surface area contributed by atoms with E-state index in [4.69, 9.17) is 5.73 Å². The van der Waals surface area contributed by atoms with Crippen LogP contribution in [0.2, 0.25) is 0 Å². The highest BCUT2D eigenvalue weighted by molar-refractivity contribution is 5.46. The van der Waals surface area contributed by atoms with Crippen LogP contribution in [0.25, 0.3) is 0 Å². The fourth-order valence-electron chi connectivity index (χ4n) is 1.32. The molecule has 88 valence electrons. The Morgan fingerprint density at radius 3 is 2.38 bits per heavy atom. The number of fused-ring (bicyclic) bond motifs is 1. The van der Waals surface area contributed by atoms with Crippen molar-refractivity contribution < 1.29 is 27.0 Å². The molecule has 0 unspecified atom stereocenters. The van der Waals surface area contributed by atoms with E-state index in [1.54, 1.807) is 0 Å². The maximum Gasteiger partial charge on any atom is 0.586 e. The number of hydrogen-bond acceptors (Lipinski definition) is 3. The van der Waals surface area contributed by atoms with Gasteiger partial charge in [-0.2, -0.15) is 0 Å². The minimum atomic E-state index is -3.75. The molecule has 7 heteroatoms. The lowest BCUT2D eigenvalue weighted by molar-refractivity contribution is -0.286. The predicted molar refractivity (Wildman–Crippen MR) is 45.6 cm³/mol. The topological polar surface area (TPSA) is 44.5 Å². The fraction of sp³-hybridized carbons (Fsp3) is 0.333. The summed E-state index contributed by atoms with van der Waals surface area (Å²) in [6.07, 6.45) is -6.53. The van der Waals surface area contributed by atoms with E-state index >= 15 is 0 Å². The summed E-state index contributed by atoms with van der Waals surface area (Å²) < 4.78 is 58.0. The van der Waals surface area contributed by atoms with Gasteiger partial charge >= 0.3 is 6.29 Å². The minimum absolute atomic E-state index is 0.00931. The molecule has 3 nitrogen and oxygen atoms in total. The van der Waals surface area contributed by atoms with E-state index in [2.05, 4.69) is 9.47 Å². The largest absolute Gasteiger partial charge is 0.586 e. The molecule has 2 rings (SSSR count). The molecule has 1 heterocycles. The third-order valence-corrected chi connectivity index (χ3v) is 2.08. The number of benzene rings is 1. The van der Waals surface area contributed by atoms with E-state index in [0.29, 0.717) is 0 Å². The summed E-state index contributed by atoms with van der Waals surface area (Å²) in [7, 11) is 0. The van der Waals surface area contributed by atoms with Crippen molar-refractivity contribution >= 4 is 0 Å². The zero-order valence-corrected chi connectivity index (χ0v) is 7.79. The Labute approximate surface area is 87.7 Å². The molecule has 1 aromatic carbocycles. The van der Waals surface area contributed by atoms with E-state index in [9.17, 15) is 17.6 Å². The molecule has 0 saturated carbocycles. The van der Waals surface area contributed by atoms with Crippen molar-refractivity contribution in [3.05, 3.63) is 23.8 Å². The van der Waals surface area contributed by atoms with Crippen LogP contribution in [-0.2, 0) is 0 Å². The third-order valence-electron chi connectivity index (χ3n) is 2.08. The van der Waals surface area contributed by atoms with Gasteiger partial charge < -0.3 is 15.2 Å². The normalized spacial score (nSPS) is 18.9. The van der Waals surface area contributed by atoms with Crippen molar-refractivity contribution in [2.75, 3.05) is 0 Å². The number of nitrogens with two attached hydrogens (primary N) is 1. The predicted octanol–water partition coefficient (Wildman–Crippen LogP) is 2.27. The molecule has 1 aromatic rings. The Bertz CT molecular complexity index is 410. The second-order valence-electron chi connectivity index (χ2n) is 3.23. The molecule has 0 radical (unpaired) electrons. The Morgan fingerprint density at radius 2 is 1.75 bits per heavy atom. The number of alkyl halides is 4. The van der Waals surface area contributed by atoms with Crippen molar-refractivity contribution in [2.45, 2.75) is 18.8 Å². The SMILES string of the molecule is N[C@@H](c1ccc2c(c1)OC(F)(F)O2)C(F)F. The first-order chi connectivity index (χ1) is 7.39. The highest BCUT2D eigenvalue weighted by Crippen LogP contribution is 2.42. The van der Waals surface area contributed by atoms with Crippen molar-refractivity contribution in [1.29, 1.82) is 0 Å². The van der Waals surface area contributed by atoms with Crippen LogP contribution < -0.4 is 15.2 Å². The smallest absolute Gasteiger partial charge is 0.395 e. The van der Waals surface area contributed by atoms with Gasteiger partial charge in [0, 0.05) is 0 Å². The van der Waals surface area contributed by atoms with Crippen LogP contribution >= 0.6 is 0 Å². The van der Waals surface area contributed by atoms with Gasteiger partial charge in [-0.25, -0.2) is 8.78 Å². The van der Waals surface area contributed by atoms with Crippen molar-refractivity contribution in [2.24, 2.45) is 5.73 Å². The second kappa shape index (κ2) is 3.51. The van der Waals surface area contributed by atoms with Crippen LogP contribution in [0.1, 0.15) is 11.6 Å². The van der Waals surface area contributed by atoms with Gasteiger partial charge in [0.25, 0.3) is 6.43 Å². The number of halogens is 4. The zero-order chi connectivity index (χ0) is 11.9. The van der Waals surface area contributed by atoms with Gasteiger partial charge in [0.15, 0.2) is 11.5 Å². The van der Waals surface area contributed by atoms with Gasteiger partial charge in [-0.3, -0.25) is 0 Å². The summed E-state index contributed by atoms with van der Waals surface area (Å²) in [6, 6.07) is 1.80. The van der Waals surface area contributed by atoms with Crippen LogP contribution in [0.15, 0.2) is 18.2 Å². The Hall–Kier alpha value is -1.50. The maximum atomic E-state index is 12.6. The zero-order valence-electron chi connectivity index (χ0n) is 7.79. The summed E-state index contributed by atoms with van der Waals surface area (Å²) in [5.41, 5.74) is 5.17. The van der Waals surface area contributed by atoms with Gasteiger partial charge in [-0.1, -0.05) is 6.07 Å². The van der Waals surface area contributed by atoms with Crippen molar-refractivity contribution in [3.8, 4) is 11.5 Å². The quantitative estimate of drug-likeness (QED) is 0.802. The lowest BCUT2D eigenvalue weighted by Gasteiger charge is -2.10. The average Bonchev–Trinajstić information content (AvgIpc) is 2.48. The standard InChI is InChI=1S/C9H7F4NO2/c10-8(11)7(14)4-1-2-5-6(3-4)16-9(12,13)15-5/h1-3,7-8H,14H2/t7-/m0/s1. The summed E-state index contributed by atoms with van der Waals surface area (Å²) >= 11 is 0. The van der Waals surface area contributed by atoms with E-state index in [1.807, 2.05) is 0 Å². The van der Waals surface area contributed by atoms with Gasteiger partial charge in [0.2, 0.25) is 0 Å². The van der Waals surface area contributed by atoms with Crippen molar-refractivity contribution in [3.63, 3.8) is 0 Å². The maximum absolute atomic E-state index is 12.6. The number of hydrogen-bond donors (Lipinski definition) is 1. The van der Waals surface area contributed by atoms with E-state index in [0.717, 1.165) is 12.1 Å².